The second kappa shape index (κ2) is 9.96. The van der Waals surface area contributed by atoms with E-state index in [0.717, 1.165) is 11.1 Å². The topological polar surface area (TPSA) is 84.9 Å². The molecule has 2 aromatic carbocycles. The standard InChI is InChI=1S/C23H29NO5/c1-5-28-21(26)15-19(24-22(27)29-23(2,3)4)14-18-13-17(11-12-20(18)25)16-9-7-6-8-10-16/h6-13,19,25H,5,14-15H2,1-4H3,(H,24,27). The molecule has 0 aliphatic heterocycles. The van der Waals surface area contributed by atoms with Crippen LogP contribution in [0.15, 0.2) is 48.5 Å². The van der Waals surface area contributed by atoms with Crippen molar-refractivity contribution >= 4 is 12.1 Å². The van der Waals surface area contributed by atoms with Gasteiger partial charge in [0, 0.05) is 6.04 Å². The Balaban J connectivity index is 2.22. The number of nitrogens with one attached hydrogen (secondary N) is 1. The highest BCUT2D eigenvalue weighted by molar-refractivity contribution is 5.73. The molecular weight excluding hydrogens is 370 g/mol. The normalized spacial score (nSPS) is 12.1. The fraction of sp³-hybridized carbons (Fsp3) is 0.391. The van der Waals surface area contributed by atoms with Crippen LogP contribution in [0.3, 0.4) is 0 Å². The highest BCUT2D eigenvalue weighted by Gasteiger charge is 2.23. The number of amides is 1. The molecule has 6 nitrogen and oxygen atoms in total. The second-order valence-electron chi connectivity index (χ2n) is 7.77. The molecule has 1 unspecified atom stereocenters. The molecular formula is C23H29NO5. The molecule has 0 saturated heterocycles. The number of esters is 1. The summed E-state index contributed by atoms with van der Waals surface area (Å²) in [4.78, 5) is 24.2. The van der Waals surface area contributed by atoms with Crippen LogP contribution in [0.5, 0.6) is 5.75 Å². The van der Waals surface area contributed by atoms with Crippen molar-refractivity contribution in [2.45, 2.75) is 52.2 Å². The number of phenolic OH excluding ortho intramolecular Hbond substituents is 1. The maximum Gasteiger partial charge on any atom is 0.407 e. The van der Waals surface area contributed by atoms with Crippen LogP contribution in [0, 0.1) is 0 Å². The molecule has 0 aliphatic carbocycles. The van der Waals surface area contributed by atoms with Crippen molar-refractivity contribution in [1.82, 2.24) is 5.32 Å². The molecule has 6 heteroatoms. The van der Waals surface area contributed by atoms with E-state index in [0.29, 0.717) is 5.56 Å². The molecule has 156 valence electrons. The molecule has 1 amide bonds. The Morgan fingerprint density at radius 1 is 1.07 bits per heavy atom. The zero-order chi connectivity index (χ0) is 21.4. The molecule has 0 radical (unpaired) electrons. The van der Waals surface area contributed by atoms with Gasteiger partial charge in [0.1, 0.15) is 11.4 Å². The maximum atomic E-state index is 12.2. The molecule has 2 aromatic rings. The van der Waals surface area contributed by atoms with Crippen LogP contribution in [0.25, 0.3) is 11.1 Å². The lowest BCUT2D eigenvalue weighted by Crippen LogP contribution is -2.41. The molecule has 0 saturated carbocycles. The average Bonchev–Trinajstić information content (AvgIpc) is 2.62. The average molecular weight is 399 g/mol. The minimum atomic E-state index is -0.659. The number of benzene rings is 2. The minimum absolute atomic E-state index is 0.0257. The number of aromatic hydroxyl groups is 1. The van der Waals surface area contributed by atoms with E-state index in [1.165, 1.54) is 0 Å². The third kappa shape index (κ3) is 7.49. The van der Waals surface area contributed by atoms with E-state index in [4.69, 9.17) is 9.47 Å². The van der Waals surface area contributed by atoms with Gasteiger partial charge in [0.15, 0.2) is 0 Å². The number of phenols is 1. The first-order valence-corrected chi connectivity index (χ1v) is 9.70. The van der Waals surface area contributed by atoms with Gasteiger partial charge in [-0.15, -0.1) is 0 Å². The Morgan fingerprint density at radius 2 is 1.76 bits per heavy atom. The number of hydrogen-bond donors (Lipinski definition) is 2. The second-order valence-corrected chi connectivity index (χ2v) is 7.77. The van der Waals surface area contributed by atoms with Gasteiger partial charge in [0.2, 0.25) is 0 Å². The first-order valence-electron chi connectivity index (χ1n) is 9.70. The van der Waals surface area contributed by atoms with Crippen molar-refractivity contribution < 1.29 is 24.2 Å². The monoisotopic (exact) mass is 399 g/mol. The molecule has 0 bridgehead atoms. The maximum absolute atomic E-state index is 12.2. The van der Waals surface area contributed by atoms with Gasteiger partial charge in [-0.05, 0) is 62.9 Å². The summed E-state index contributed by atoms with van der Waals surface area (Å²) in [5.41, 5.74) is 1.91. The Morgan fingerprint density at radius 3 is 2.38 bits per heavy atom. The third-order valence-electron chi connectivity index (χ3n) is 4.09. The number of carbonyl (C=O) groups is 2. The molecule has 2 N–H and O–H groups in total. The van der Waals surface area contributed by atoms with Gasteiger partial charge in [0.25, 0.3) is 0 Å². The number of ether oxygens (including phenoxy) is 2. The van der Waals surface area contributed by atoms with Crippen LogP contribution in [-0.4, -0.2) is 35.4 Å². The molecule has 0 aliphatic rings. The smallest absolute Gasteiger partial charge is 0.407 e. The predicted octanol–water partition coefficient (Wildman–Crippen LogP) is 4.45. The Bertz CT molecular complexity index is 827. The van der Waals surface area contributed by atoms with Crippen molar-refractivity contribution in [3.63, 3.8) is 0 Å². The van der Waals surface area contributed by atoms with E-state index in [1.54, 1.807) is 33.8 Å². The summed E-state index contributed by atoms with van der Waals surface area (Å²) in [5.74, 6) is -0.322. The van der Waals surface area contributed by atoms with E-state index >= 15 is 0 Å². The van der Waals surface area contributed by atoms with Gasteiger partial charge in [-0.2, -0.15) is 0 Å². The number of hydrogen-bond acceptors (Lipinski definition) is 5. The highest BCUT2D eigenvalue weighted by atomic mass is 16.6. The summed E-state index contributed by atoms with van der Waals surface area (Å²) >= 11 is 0. The van der Waals surface area contributed by atoms with E-state index in [2.05, 4.69) is 5.32 Å². The number of carbonyl (C=O) groups excluding carboxylic acids is 2. The van der Waals surface area contributed by atoms with E-state index < -0.39 is 23.7 Å². The molecule has 2 rings (SSSR count). The summed E-state index contributed by atoms with van der Waals surface area (Å²) in [5, 5.41) is 13.1. The molecule has 29 heavy (non-hydrogen) atoms. The van der Waals surface area contributed by atoms with Crippen LogP contribution in [0.1, 0.15) is 39.7 Å². The van der Waals surface area contributed by atoms with Crippen LogP contribution in [0.2, 0.25) is 0 Å². The molecule has 1 atom stereocenters. The summed E-state index contributed by atoms with van der Waals surface area (Å²) < 4.78 is 10.3. The first-order chi connectivity index (χ1) is 13.7. The summed E-state index contributed by atoms with van der Waals surface area (Å²) in [6, 6.07) is 14.5. The van der Waals surface area contributed by atoms with Gasteiger partial charge < -0.3 is 19.9 Å². The van der Waals surface area contributed by atoms with E-state index in [9.17, 15) is 14.7 Å². The first kappa shape index (κ1) is 22.3. The molecule has 0 fully saturated rings. The fourth-order valence-corrected chi connectivity index (χ4v) is 2.89. The van der Waals surface area contributed by atoms with Crippen molar-refractivity contribution in [2.75, 3.05) is 6.61 Å². The van der Waals surface area contributed by atoms with E-state index in [-0.39, 0.29) is 25.2 Å². The lowest BCUT2D eigenvalue weighted by atomic mass is 9.97. The van der Waals surface area contributed by atoms with Gasteiger partial charge >= 0.3 is 12.1 Å². The van der Waals surface area contributed by atoms with Gasteiger partial charge in [0.05, 0.1) is 13.0 Å². The summed E-state index contributed by atoms with van der Waals surface area (Å²) in [7, 11) is 0. The van der Waals surface area contributed by atoms with Gasteiger partial charge in [-0.3, -0.25) is 4.79 Å². The fourth-order valence-electron chi connectivity index (χ4n) is 2.89. The largest absolute Gasteiger partial charge is 0.508 e. The SMILES string of the molecule is CCOC(=O)CC(Cc1cc(-c2ccccc2)ccc1O)NC(=O)OC(C)(C)C. The zero-order valence-electron chi connectivity index (χ0n) is 17.4. The Kier molecular flexibility index (Phi) is 7.65. The highest BCUT2D eigenvalue weighted by Crippen LogP contribution is 2.27. The van der Waals surface area contributed by atoms with Gasteiger partial charge in [-0.25, -0.2) is 4.79 Å². The van der Waals surface area contributed by atoms with Crippen LogP contribution < -0.4 is 5.32 Å². The van der Waals surface area contributed by atoms with Crippen molar-refractivity contribution in [2.24, 2.45) is 0 Å². The molecule has 0 aromatic heterocycles. The van der Waals surface area contributed by atoms with E-state index in [1.807, 2.05) is 42.5 Å². The predicted molar refractivity (Wildman–Crippen MR) is 112 cm³/mol. The quantitative estimate of drug-likeness (QED) is 0.672. The summed E-state index contributed by atoms with van der Waals surface area (Å²) in [6.07, 6.45) is -0.391. The lowest BCUT2D eigenvalue weighted by Gasteiger charge is -2.23. The van der Waals surface area contributed by atoms with Crippen molar-refractivity contribution in [3.8, 4) is 16.9 Å². The van der Waals surface area contributed by atoms with Crippen molar-refractivity contribution in [3.05, 3.63) is 54.1 Å². The number of alkyl carbamates (subject to hydrolysis) is 1. The van der Waals surface area contributed by atoms with Crippen molar-refractivity contribution in [1.29, 1.82) is 0 Å². The zero-order valence-corrected chi connectivity index (χ0v) is 17.4. The lowest BCUT2D eigenvalue weighted by molar-refractivity contribution is -0.143. The Hall–Kier alpha value is -3.02. The van der Waals surface area contributed by atoms with Crippen LogP contribution in [-0.2, 0) is 20.7 Å². The third-order valence-corrected chi connectivity index (χ3v) is 4.09. The van der Waals surface area contributed by atoms with Gasteiger partial charge in [-0.1, -0.05) is 36.4 Å². The molecule has 0 heterocycles. The minimum Gasteiger partial charge on any atom is -0.508 e. The number of rotatable bonds is 7. The molecule has 0 spiro atoms. The summed E-state index contributed by atoms with van der Waals surface area (Å²) in [6.45, 7) is 7.28. The Labute approximate surface area is 171 Å². The van der Waals surface area contributed by atoms with Crippen LogP contribution in [0.4, 0.5) is 4.79 Å². The van der Waals surface area contributed by atoms with Crippen LogP contribution >= 0.6 is 0 Å².